The molecule has 0 radical (unpaired) electrons. The van der Waals surface area contributed by atoms with E-state index in [1.54, 1.807) is 19.9 Å². The number of ether oxygens (including phenoxy) is 2. The maximum absolute atomic E-state index is 12.5. The Morgan fingerprint density at radius 1 is 1.46 bits per heavy atom. The van der Waals surface area contributed by atoms with Gasteiger partial charge in [-0.25, -0.2) is 4.79 Å². The second kappa shape index (κ2) is 6.78. The Morgan fingerprint density at radius 2 is 2.23 bits per heavy atom. The minimum absolute atomic E-state index is 0.114. The molecule has 2 heterocycles. The van der Waals surface area contributed by atoms with Crippen LogP contribution in [0.1, 0.15) is 25.5 Å². The van der Waals surface area contributed by atoms with Crippen LogP contribution in [0.3, 0.4) is 0 Å². The van der Waals surface area contributed by atoms with E-state index >= 15 is 0 Å². The number of nitro groups is 1. The summed E-state index contributed by atoms with van der Waals surface area (Å²) in [7, 11) is 1.35. The Bertz CT molecular complexity index is 906. The number of carbonyl (C=O) groups excluding carboxylic acids is 1. The highest BCUT2D eigenvalue weighted by Crippen LogP contribution is 2.38. The summed E-state index contributed by atoms with van der Waals surface area (Å²) < 4.78 is 11.6. The number of anilines is 1. The van der Waals surface area contributed by atoms with Crippen molar-refractivity contribution >= 4 is 17.6 Å². The van der Waals surface area contributed by atoms with Gasteiger partial charge in [0.25, 0.3) is 0 Å². The van der Waals surface area contributed by atoms with Gasteiger partial charge in [0.2, 0.25) is 5.95 Å². The number of carbonyl (C=O) groups is 1. The first-order valence-corrected chi connectivity index (χ1v) is 7.73. The molecule has 0 aliphatic carbocycles. The minimum atomic E-state index is -0.773. The molecular weight excluding hydrogens is 344 g/mol. The number of tetrazole rings is 1. The number of methoxy groups -OCH3 is 1. The molecule has 0 unspecified atom stereocenters. The quantitative estimate of drug-likeness (QED) is 0.477. The smallest absolute Gasteiger partial charge is 0.338 e. The van der Waals surface area contributed by atoms with Gasteiger partial charge in [-0.15, -0.1) is 0 Å². The SMILES string of the molecule is CCOC(=O)C1=C(C)Nc2nnnn2[C@@H]1c1ccc(OC)c([N+](=O)[O-])c1. The molecule has 0 fully saturated rings. The van der Waals surface area contributed by atoms with Crippen molar-refractivity contribution in [3.63, 3.8) is 0 Å². The molecule has 1 aromatic heterocycles. The fraction of sp³-hybridized carbons (Fsp3) is 0.333. The molecule has 0 bridgehead atoms. The highest BCUT2D eigenvalue weighted by Gasteiger charge is 2.36. The van der Waals surface area contributed by atoms with E-state index in [9.17, 15) is 14.9 Å². The Kier molecular flexibility index (Phi) is 4.52. The van der Waals surface area contributed by atoms with Crippen LogP contribution in [-0.4, -0.2) is 44.8 Å². The lowest BCUT2D eigenvalue weighted by Gasteiger charge is -2.27. The van der Waals surface area contributed by atoms with Crippen molar-refractivity contribution in [1.82, 2.24) is 20.2 Å². The third-order valence-electron chi connectivity index (χ3n) is 3.92. The maximum Gasteiger partial charge on any atom is 0.338 e. The average Bonchev–Trinajstić information content (AvgIpc) is 3.07. The predicted molar refractivity (Wildman–Crippen MR) is 88.6 cm³/mol. The second-order valence-corrected chi connectivity index (χ2v) is 5.42. The summed E-state index contributed by atoms with van der Waals surface area (Å²) in [5, 5.41) is 25.7. The first kappa shape index (κ1) is 17.3. The summed E-state index contributed by atoms with van der Waals surface area (Å²) in [6.07, 6.45) is 0. The molecule has 0 saturated carbocycles. The van der Waals surface area contributed by atoms with E-state index in [0.717, 1.165) is 0 Å². The summed E-state index contributed by atoms with van der Waals surface area (Å²) in [5.41, 5.74) is 1.01. The minimum Gasteiger partial charge on any atom is -0.490 e. The number of nitrogens with one attached hydrogen (secondary N) is 1. The first-order chi connectivity index (χ1) is 12.5. The van der Waals surface area contributed by atoms with Crippen LogP contribution in [0, 0.1) is 10.1 Å². The molecule has 1 aliphatic rings. The van der Waals surface area contributed by atoms with Crippen molar-refractivity contribution in [2.75, 3.05) is 19.0 Å². The van der Waals surface area contributed by atoms with Crippen LogP contribution in [0.5, 0.6) is 5.75 Å². The van der Waals surface area contributed by atoms with E-state index in [1.165, 1.54) is 23.9 Å². The van der Waals surface area contributed by atoms with Gasteiger partial charge in [0.05, 0.1) is 24.2 Å². The van der Waals surface area contributed by atoms with Gasteiger partial charge in [0.15, 0.2) is 5.75 Å². The van der Waals surface area contributed by atoms with E-state index < -0.39 is 16.9 Å². The molecule has 1 atom stereocenters. The Morgan fingerprint density at radius 3 is 2.88 bits per heavy atom. The van der Waals surface area contributed by atoms with E-state index in [4.69, 9.17) is 9.47 Å². The molecule has 2 aromatic rings. The topological polar surface area (TPSA) is 134 Å². The lowest BCUT2D eigenvalue weighted by Crippen LogP contribution is -2.29. The van der Waals surface area contributed by atoms with Crippen LogP contribution < -0.4 is 10.1 Å². The van der Waals surface area contributed by atoms with Gasteiger partial charge in [0, 0.05) is 11.8 Å². The monoisotopic (exact) mass is 360 g/mol. The number of nitrogens with zero attached hydrogens (tertiary/aromatic N) is 5. The second-order valence-electron chi connectivity index (χ2n) is 5.42. The molecule has 1 N–H and O–H groups in total. The standard InChI is InChI=1S/C15H16N6O5/c1-4-26-14(22)12-8(2)16-15-17-18-19-20(15)13(12)9-5-6-11(25-3)10(7-9)21(23)24/h5-7,13H,4H2,1-3H3,(H,16,17,19)/t13-/m1/s1. The van der Waals surface area contributed by atoms with Crippen LogP contribution in [-0.2, 0) is 9.53 Å². The van der Waals surface area contributed by atoms with Crippen LogP contribution >= 0.6 is 0 Å². The number of benzene rings is 1. The molecule has 1 aliphatic heterocycles. The van der Waals surface area contributed by atoms with Crippen molar-refractivity contribution < 1.29 is 19.2 Å². The number of aromatic nitrogens is 4. The molecule has 11 heteroatoms. The number of fused-ring (bicyclic) bond motifs is 1. The van der Waals surface area contributed by atoms with Crippen LogP contribution in [0.25, 0.3) is 0 Å². The largest absolute Gasteiger partial charge is 0.490 e. The number of hydrogen-bond donors (Lipinski definition) is 1. The zero-order chi connectivity index (χ0) is 18.8. The van der Waals surface area contributed by atoms with Gasteiger partial charge in [0.1, 0.15) is 6.04 Å². The van der Waals surface area contributed by atoms with Crippen LogP contribution in [0.4, 0.5) is 11.6 Å². The maximum atomic E-state index is 12.5. The zero-order valence-corrected chi connectivity index (χ0v) is 14.3. The van der Waals surface area contributed by atoms with Crippen molar-refractivity contribution in [2.24, 2.45) is 0 Å². The van der Waals surface area contributed by atoms with E-state index in [-0.39, 0.29) is 23.6 Å². The Balaban J connectivity index is 2.18. The highest BCUT2D eigenvalue weighted by atomic mass is 16.6. The first-order valence-electron chi connectivity index (χ1n) is 7.73. The average molecular weight is 360 g/mol. The molecule has 11 nitrogen and oxygen atoms in total. The lowest BCUT2D eigenvalue weighted by atomic mass is 9.95. The summed E-state index contributed by atoms with van der Waals surface area (Å²) in [4.78, 5) is 23.3. The number of rotatable bonds is 5. The van der Waals surface area contributed by atoms with Gasteiger partial charge in [-0.05, 0) is 35.9 Å². The van der Waals surface area contributed by atoms with Gasteiger partial charge in [-0.1, -0.05) is 11.2 Å². The number of esters is 1. The third-order valence-corrected chi connectivity index (χ3v) is 3.92. The third kappa shape index (κ3) is 2.83. The predicted octanol–water partition coefficient (Wildman–Crippen LogP) is 1.44. The van der Waals surface area contributed by atoms with Crippen molar-refractivity contribution in [3.05, 3.63) is 45.1 Å². The fourth-order valence-electron chi connectivity index (χ4n) is 2.81. The van der Waals surface area contributed by atoms with E-state index in [0.29, 0.717) is 17.2 Å². The Labute approximate surface area is 147 Å². The van der Waals surface area contributed by atoms with E-state index in [2.05, 4.69) is 20.8 Å². The molecular formula is C15H16N6O5. The van der Waals surface area contributed by atoms with Crippen molar-refractivity contribution in [1.29, 1.82) is 0 Å². The van der Waals surface area contributed by atoms with E-state index in [1.807, 2.05) is 0 Å². The van der Waals surface area contributed by atoms with Gasteiger partial charge < -0.3 is 14.8 Å². The number of hydrogen-bond acceptors (Lipinski definition) is 9. The summed E-state index contributed by atoms with van der Waals surface area (Å²) >= 11 is 0. The lowest BCUT2D eigenvalue weighted by molar-refractivity contribution is -0.385. The van der Waals surface area contributed by atoms with Crippen molar-refractivity contribution in [2.45, 2.75) is 19.9 Å². The van der Waals surface area contributed by atoms with Crippen molar-refractivity contribution in [3.8, 4) is 5.75 Å². The number of nitro benzene ring substituents is 1. The normalized spacial score (nSPS) is 15.9. The number of allylic oxidation sites excluding steroid dienone is 1. The fourth-order valence-corrected chi connectivity index (χ4v) is 2.81. The highest BCUT2D eigenvalue weighted by molar-refractivity contribution is 5.92. The molecule has 0 saturated heterocycles. The Hall–Kier alpha value is -3.50. The molecule has 1 aromatic carbocycles. The molecule has 26 heavy (non-hydrogen) atoms. The van der Waals surface area contributed by atoms with Crippen LogP contribution in [0.15, 0.2) is 29.5 Å². The molecule has 0 amide bonds. The summed E-state index contributed by atoms with van der Waals surface area (Å²) in [6, 6.07) is 3.66. The summed E-state index contributed by atoms with van der Waals surface area (Å²) in [5.74, 6) is -0.121. The van der Waals surface area contributed by atoms with Gasteiger partial charge in [-0.2, -0.15) is 4.68 Å². The molecule has 136 valence electrons. The van der Waals surface area contributed by atoms with Gasteiger partial charge in [-0.3, -0.25) is 10.1 Å². The van der Waals surface area contributed by atoms with Crippen LogP contribution in [0.2, 0.25) is 0 Å². The molecule has 0 spiro atoms. The zero-order valence-electron chi connectivity index (χ0n) is 14.3. The molecule has 3 rings (SSSR count). The van der Waals surface area contributed by atoms with Gasteiger partial charge >= 0.3 is 11.7 Å². The summed E-state index contributed by atoms with van der Waals surface area (Å²) in [6.45, 7) is 3.57.